The van der Waals surface area contributed by atoms with Crippen LogP contribution in [-0.4, -0.2) is 42.3 Å². The number of aromatic nitrogens is 3. The van der Waals surface area contributed by atoms with Gasteiger partial charge in [-0.3, -0.25) is 9.59 Å². The van der Waals surface area contributed by atoms with Crippen molar-refractivity contribution in [1.29, 1.82) is 0 Å². The first-order valence-electron chi connectivity index (χ1n) is 14.1. The molecule has 0 atom stereocenters. The maximum Gasteiger partial charge on any atom is 0.307 e. The number of benzene rings is 1. The van der Waals surface area contributed by atoms with Gasteiger partial charge in [-0.15, -0.1) is 0 Å². The summed E-state index contributed by atoms with van der Waals surface area (Å²) < 4.78 is 15.1. The Kier molecular flexibility index (Phi) is 11.4. The molecule has 3 aromatic rings. The number of carbonyl (C=O) groups is 2. The fourth-order valence-corrected chi connectivity index (χ4v) is 4.34. The number of fused-ring (bicyclic) bond motifs is 1. The molecule has 41 heavy (non-hydrogen) atoms. The normalized spacial score (nSPS) is 14.3. The topological polar surface area (TPSA) is 117 Å². The van der Waals surface area contributed by atoms with Gasteiger partial charge < -0.3 is 15.5 Å². The molecule has 0 bridgehead atoms. The van der Waals surface area contributed by atoms with Crippen molar-refractivity contribution < 1.29 is 24.2 Å². The summed E-state index contributed by atoms with van der Waals surface area (Å²) in [7, 11) is 0. The summed E-state index contributed by atoms with van der Waals surface area (Å²) in [6.07, 6.45) is 4.63. The largest absolute Gasteiger partial charge is 0.481 e. The van der Waals surface area contributed by atoms with E-state index in [1.54, 1.807) is 57.3 Å². The lowest BCUT2D eigenvalue weighted by Crippen LogP contribution is -2.23. The zero-order valence-electron chi connectivity index (χ0n) is 25.9. The smallest absolute Gasteiger partial charge is 0.307 e. The molecule has 4 rings (SSSR count). The Balaban J connectivity index is 0.000000759. The van der Waals surface area contributed by atoms with E-state index in [9.17, 15) is 19.1 Å². The van der Waals surface area contributed by atoms with Gasteiger partial charge in [-0.2, -0.15) is 5.10 Å². The minimum Gasteiger partial charge on any atom is -0.481 e. The van der Waals surface area contributed by atoms with Gasteiger partial charge in [0.25, 0.3) is 5.91 Å². The molecule has 0 fully saturated rings. The molecule has 0 saturated carbocycles. The number of hydrogen-bond donors (Lipinski definition) is 3. The van der Waals surface area contributed by atoms with Crippen LogP contribution < -0.4 is 5.32 Å². The van der Waals surface area contributed by atoms with E-state index < -0.39 is 11.6 Å². The van der Waals surface area contributed by atoms with Crippen molar-refractivity contribution in [2.45, 2.75) is 100 Å². The monoisotopic (exact) mass is 568 g/mol. The molecule has 0 saturated heterocycles. The molecule has 1 aliphatic rings. The Bertz CT molecular complexity index is 1410. The zero-order chi connectivity index (χ0) is 31.1. The van der Waals surface area contributed by atoms with Crippen LogP contribution in [0.25, 0.3) is 11.2 Å². The van der Waals surface area contributed by atoms with E-state index in [4.69, 9.17) is 5.11 Å². The third kappa shape index (κ3) is 9.78. The lowest BCUT2D eigenvalue weighted by molar-refractivity contribution is -0.136. The second kappa shape index (κ2) is 13.9. The number of amides is 1. The van der Waals surface area contributed by atoms with Crippen molar-refractivity contribution in [2.24, 2.45) is 5.41 Å². The zero-order valence-corrected chi connectivity index (χ0v) is 25.9. The molecule has 1 amide bonds. The molecule has 1 aromatic carbocycles. The summed E-state index contributed by atoms with van der Waals surface area (Å²) in [5, 5.41) is 25.4. The van der Waals surface area contributed by atoms with Crippen LogP contribution in [0, 0.1) is 25.1 Å². The van der Waals surface area contributed by atoms with Crippen LogP contribution >= 0.6 is 0 Å². The molecule has 2 heterocycles. The first kappa shape index (κ1) is 33.6. The van der Waals surface area contributed by atoms with Crippen molar-refractivity contribution >= 4 is 23.1 Å². The molecule has 1 aliphatic carbocycles. The molecule has 224 valence electrons. The Morgan fingerprint density at radius 1 is 1.15 bits per heavy atom. The molecule has 0 unspecified atom stereocenters. The summed E-state index contributed by atoms with van der Waals surface area (Å²) >= 11 is 0. The fraction of sp³-hybridized carbons (Fsp3) is 0.500. The van der Waals surface area contributed by atoms with E-state index >= 15 is 0 Å². The third-order valence-electron chi connectivity index (χ3n) is 6.42. The first-order valence-corrected chi connectivity index (χ1v) is 14.1. The Labute approximate surface area is 242 Å². The SMILES string of the molecule is CC.CC(C)(C)O.Cc1cc(CNC(=O)c2cc3nc(C)c(CC(=O)O)c(C4=CCC(C)(C)CC4)n3n2)ccc1F. The number of nitrogens with one attached hydrogen (secondary N) is 1. The van der Waals surface area contributed by atoms with Crippen LogP contribution in [0.15, 0.2) is 30.3 Å². The highest BCUT2D eigenvalue weighted by molar-refractivity contribution is 5.93. The lowest BCUT2D eigenvalue weighted by Gasteiger charge is -2.29. The highest BCUT2D eigenvalue weighted by atomic mass is 19.1. The van der Waals surface area contributed by atoms with Gasteiger partial charge in [-0.05, 0) is 82.1 Å². The number of hydrogen-bond acceptors (Lipinski definition) is 5. The van der Waals surface area contributed by atoms with Crippen LogP contribution in [0.4, 0.5) is 4.39 Å². The quantitative estimate of drug-likeness (QED) is 0.315. The highest BCUT2D eigenvalue weighted by Gasteiger charge is 2.27. The summed E-state index contributed by atoms with van der Waals surface area (Å²) in [6.45, 7) is 17.4. The van der Waals surface area contributed by atoms with Gasteiger partial charge in [0.05, 0.1) is 17.7 Å². The van der Waals surface area contributed by atoms with Crippen molar-refractivity contribution in [3.05, 3.63) is 69.9 Å². The second-order valence-electron chi connectivity index (χ2n) is 11.9. The number of nitrogens with zero attached hydrogens (tertiary/aromatic N) is 3. The fourth-order valence-electron chi connectivity index (χ4n) is 4.34. The van der Waals surface area contributed by atoms with Crippen molar-refractivity contribution in [3.8, 4) is 0 Å². The van der Waals surface area contributed by atoms with Crippen molar-refractivity contribution in [1.82, 2.24) is 19.9 Å². The lowest BCUT2D eigenvalue weighted by atomic mass is 9.77. The minimum atomic E-state index is -0.943. The van der Waals surface area contributed by atoms with Gasteiger partial charge in [0.15, 0.2) is 11.3 Å². The molecular formula is C32H45FN4O4. The van der Waals surface area contributed by atoms with E-state index in [2.05, 4.69) is 35.3 Å². The maximum absolute atomic E-state index is 13.5. The summed E-state index contributed by atoms with van der Waals surface area (Å²) in [5.41, 5.74) is 4.64. The van der Waals surface area contributed by atoms with Crippen LogP contribution in [0.1, 0.15) is 106 Å². The molecule has 8 nitrogen and oxygen atoms in total. The number of aryl methyl sites for hydroxylation is 2. The molecule has 3 N–H and O–H groups in total. The number of halogens is 1. The van der Waals surface area contributed by atoms with Crippen molar-refractivity contribution in [2.75, 3.05) is 0 Å². The molecule has 0 spiro atoms. The highest BCUT2D eigenvalue weighted by Crippen LogP contribution is 2.39. The molecule has 0 aliphatic heterocycles. The first-order chi connectivity index (χ1) is 19.0. The van der Waals surface area contributed by atoms with Gasteiger partial charge in [0.1, 0.15) is 5.82 Å². The van der Waals surface area contributed by atoms with Crippen molar-refractivity contribution in [3.63, 3.8) is 0 Å². The average Bonchev–Trinajstić information content (AvgIpc) is 3.29. The third-order valence-corrected chi connectivity index (χ3v) is 6.42. The maximum atomic E-state index is 13.5. The Hall–Kier alpha value is -3.59. The van der Waals surface area contributed by atoms with Crippen LogP contribution in [-0.2, 0) is 17.8 Å². The number of aliphatic carboxylic acids is 1. The minimum absolute atomic E-state index is 0.170. The van der Waals surface area contributed by atoms with Gasteiger partial charge in [-0.25, -0.2) is 13.9 Å². The summed E-state index contributed by atoms with van der Waals surface area (Å²) in [4.78, 5) is 29.0. The van der Waals surface area contributed by atoms with E-state index in [-0.39, 0.29) is 35.8 Å². The van der Waals surface area contributed by atoms with Crippen LogP contribution in [0.3, 0.4) is 0 Å². The number of carboxylic acids is 1. The van der Waals surface area contributed by atoms with Gasteiger partial charge >= 0.3 is 5.97 Å². The molecular weight excluding hydrogens is 523 g/mol. The number of rotatable bonds is 6. The summed E-state index contributed by atoms with van der Waals surface area (Å²) in [5.74, 6) is -1.61. The van der Waals surface area contributed by atoms with Crippen LogP contribution in [0.2, 0.25) is 0 Å². The average molecular weight is 569 g/mol. The molecule has 2 aromatic heterocycles. The number of carbonyl (C=O) groups excluding carboxylic acids is 1. The van der Waals surface area contributed by atoms with Gasteiger partial charge in [-0.1, -0.05) is 45.9 Å². The Morgan fingerprint density at radius 2 is 1.78 bits per heavy atom. The molecule has 0 radical (unpaired) electrons. The van der Waals surface area contributed by atoms with E-state index in [0.717, 1.165) is 30.4 Å². The standard InChI is InChI=1S/C26H29FN4O3.C4H10O.C2H6/c1-15-11-17(5-6-20(15)27)14-28-25(34)21-13-22-29-16(2)19(12-23(32)33)24(31(22)30-21)18-7-9-26(3,4)10-8-18;1-4(2,3)5;1-2/h5-7,11,13H,8-10,12,14H2,1-4H3,(H,28,34)(H,32,33);5H,1-3H3;1-2H3. The summed E-state index contributed by atoms with van der Waals surface area (Å²) in [6, 6.07) is 6.31. The van der Waals surface area contributed by atoms with Crippen LogP contribution in [0.5, 0.6) is 0 Å². The number of aliphatic hydroxyl groups is 1. The van der Waals surface area contributed by atoms with E-state index in [0.29, 0.717) is 28.2 Å². The predicted molar refractivity (Wildman–Crippen MR) is 160 cm³/mol. The number of allylic oxidation sites excluding steroid dienone is 2. The van der Waals surface area contributed by atoms with E-state index in [1.807, 2.05) is 13.8 Å². The van der Waals surface area contributed by atoms with E-state index in [1.165, 1.54) is 6.07 Å². The molecule has 9 heteroatoms. The second-order valence-corrected chi connectivity index (χ2v) is 11.9. The predicted octanol–water partition coefficient (Wildman–Crippen LogP) is 6.44. The van der Waals surface area contributed by atoms with Gasteiger partial charge in [0, 0.05) is 23.9 Å². The Morgan fingerprint density at radius 3 is 2.32 bits per heavy atom. The van der Waals surface area contributed by atoms with Gasteiger partial charge in [0.2, 0.25) is 0 Å². The number of carboxylic acid groups (broad SMARTS) is 1.